The normalized spacial score (nSPS) is 14.8. The molecule has 2 aliphatic rings. The van der Waals surface area contributed by atoms with Gasteiger partial charge in [0.05, 0.1) is 0 Å². The first-order valence-corrected chi connectivity index (χ1v) is 11.3. The SMILES string of the molecule is O=C(Nc1ccc(C(=O)N(Cc2ccc3c(c2)OCO3)C2CCCC2)cc1)c1ccccc1. The minimum Gasteiger partial charge on any atom is -0.454 e. The number of nitrogens with one attached hydrogen (secondary N) is 1. The van der Waals surface area contributed by atoms with E-state index in [4.69, 9.17) is 9.47 Å². The topological polar surface area (TPSA) is 67.9 Å². The predicted octanol–water partition coefficient (Wildman–Crippen LogP) is 5.25. The second kappa shape index (κ2) is 9.36. The Bertz CT molecular complexity index is 1140. The van der Waals surface area contributed by atoms with Gasteiger partial charge in [-0.25, -0.2) is 0 Å². The number of hydrogen-bond donors (Lipinski definition) is 1. The summed E-state index contributed by atoms with van der Waals surface area (Å²) in [5.74, 6) is 1.29. The lowest BCUT2D eigenvalue weighted by molar-refractivity contribution is 0.0664. The van der Waals surface area contributed by atoms with Crippen molar-refractivity contribution in [1.29, 1.82) is 0 Å². The summed E-state index contributed by atoms with van der Waals surface area (Å²) in [5, 5.41) is 2.88. The minimum atomic E-state index is -0.176. The smallest absolute Gasteiger partial charge is 0.255 e. The molecule has 1 saturated carbocycles. The molecule has 3 aromatic rings. The standard InChI is InChI=1S/C27H26N2O4/c30-26(20-6-2-1-3-7-20)28-22-13-11-21(12-14-22)27(31)29(23-8-4-5-9-23)17-19-10-15-24-25(16-19)33-18-32-24/h1-3,6-7,10-16,23H,4-5,8-9,17-18H2,(H,28,30). The monoisotopic (exact) mass is 442 g/mol. The molecule has 0 atom stereocenters. The largest absolute Gasteiger partial charge is 0.454 e. The summed E-state index contributed by atoms with van der Waals surface area (Å²) >= 11 is 0. The maximum atomic E-state index is 13.5. The van der Waals surface area contributed by atoms with Gasteiger partial charge in [0.2, 0.25) is 6.79 Å². The molecule has 0 radical (unpaired) electrons. The number of benzene rings is 3. The van der Waals surface area contributed by atoms with Crippen LogP contribution < -0.4 is 14.8 Å². The molecular formula is C27H26N2O4. The molecule has 5 rings (SSSR count). The lowest BCUT2D eigenvalue weighted by atomic mass is 10.1. The van der Waals surface area contributed by atoms with Gasteiger partial charge in [-0.3, -0.25) is 9.59 Å². The van der Waals surface area contributed by atoms with E-state index in [9.17, 15) is 9.59 Å². The number of fused-ring (bicyclic) bond motifs is 1. The summed E-state index contributed by atoms with van der Waals surface area (Å²) in [7, 11) is 0. The maximum Gasteiger partial charge on any atom is 0.255 e. The summed E-state index contributed by atoms with van der Waals surface area (Å²) in [6.07, 6.45) is 4.31. The fourth-order valence-corrected chi connectivity index (χ4v) is 4.47. The third-order valence-electron chi connectivity index (χ3n) is 6.24. The van der Waals surface area contributed by atoms with Crippen LogP contribution in [0.5, 0.6) is 11.5 Å². The Morgan fingerprint density at radius 2 is 1.58 bits per heavy atom. The van der Waals surface area contributed by atoms with E-state index in [0.717, 1.165) is 42.7 Å². The zero-order valence-corrected chi connectivity index (χ0v) is 18.3. The highest BCUT2D eigenvalue weighted by atomic mass is 16.7. The van der Waals surface area contributed by atoms with Crippen molar-refractivity contribution < 1.29 is 19.1 Å². The van der Waals surface area contributed by atoms with Crippen LogP contribution >= 0.6 is 0 Å². The second-order valence-corrected chi connectivity index (χ2v) is 8.46. The summed E-state index contributed by atoms with van der Waals surface area (Å²) in [4.78, 5) is 27.9. The van der Waals surface area contributed by atoms with Crippen LogP contribution in [0, 0.1) is 0 Å². The Morgan fingerprint density at radius 3 is 2.33 bits per heavy atom. The first-order valence-electron chi connectivity index (χ1n) is 11.3. The summed E-state index contributed by atoms with van der Waals surface area (Å²) in [6, 6.07) is 22.3. The zero-order valence-electron chi connectivity index (χ0n) is 18.3. The van der Waals surface area contributed by atoms with Gasteiger partial charge < -0.3 is 19.7 Å². The van der Waals surface area contributed by atoms with Crippen LogP contribution in [0.1, 0.15) is 52.0 Å². The minimum absolute atomic E-state index is 0.000466. The highest BCUT2D eigenvalue weighted by molar-refractivity contribution is 6.04. The molecule has 0 unspecified atom stereocenters. The third kappa shape index (κ3) is 4.70. The average Bonchev–Trinajstić information content (AvgIpc) is 3.55. The number of rotatable bonds is 6. The highest BCUT2D eigenvalue weighted by Gasteiger charge is 2.28. The van der Waals surface area contributed by atoms with Gasteiger partial charge >= 0.3 is 0 Å². The molecule has 0 spiro atoms. The lowest BCUT2D eigenvalue weighted by Gasteiger charge is -2.29. The van der Waals surface area contributed by atoms with Crippen molar-refractivity contribution in [2.45, 2.75) is 38.3 Å². The van der Waals surface area contributed by atoms with Gasteiger partial charge in [0.1, 0.15) is 0 Å². The van der Waals surface area contributed by atoms with E-state index < -0.39 is 0 Å². The van der Waals surface area contributed by atoms with E-state index in [-0.39, 0.29) is 24.6 Å². The number of hydrogen-bond acceptors (Lipinski definition) is 4. The van der Waals surface area contributed by atoms with E-state index >= 15 is 0 Å². The van der Waals surface area contributed by atoms with Crippen LogP contribution in [0.3, 0.4) is 0 Å². The lowest BCUT2D eigenvalue weighted by Crippen LogP contribution is -2.38. The fourth-order valence-electron chi connectivity index (χ4n) is 4.47. The predicted molar refractivity (Wildman–Crippen MR) is 126 cm³/mol. The van der Waals surface area contributed by atoms with E-state index in [1.165, 1.54) is 0 Å². The number of amides is 2. The van der Waals surface area contributed by atoms with Crippen LogP contribution in [-0.4, -0.2) is 29.5 Å². The van der Waals surface area contributed by atoms with Crippen molar-refractivity contribution in [2.75, 3.05) is 12.1 Å². The summed E-state index contributed by atoms with van der Waals surface area (Å²) < 4.78 is 10.9. The van der Waals surface area contributed by atoms with Crippen molar-refractivity contribution in [3.05, 3.63) is 89.5 Å². The molecule has 1 fully saturated rings. The molecule has 0 saturated heterocycles. The Kier molecular flexibility index (Phi) is 5.98. The average molecular weight is 443 g/mol. The van der Waals surface area contributed by atoms with Gasteiger partial charge in [0.25, 0.3) is 11.8 Å². The molecule has 168 valence electrons. The molecular weight excluding hydrogens is 416 g/mol. The van der Waals surface area contributed by atoms with Crippen molar-refractivity contribution in [2.24, 2.45) is 0 Å². The molecule has 1 heterocycles. The highest BCUT2D eigenvalue weighted by Crippen LogP contribution is 2.34. The van der Waals surface area contributed by atoms with Crippen molar-refractivity contribution in [1.82, 2.24) is 4.90 Å². The number of carbonyl (C=O) groups excluding carboxylic acids is 2. The van der Waals surface area contributed by atoms with Crippen molar-refractivity contribution in [3.8, 4) is 11.5 Å². The fraction of sp³-hybridized carbons (Fsp3) is 0.259. The van der Waals surface area contributed by atoms with Gasteiger partial charge in [-0.05, 0) is 66.9 Å². The van der Waals surface area contributed by atoms with Gasteiger partial charge in [-0.1, -0.05) is 37.1 Å². The Labute approximate surface area is 193 Å². The number of anilines is 1. The summed E-state index contributed by atoms with van der Waals surface area (Å²) in [6.45, 7) is 0.754. The first-order chi connectivity index (χ1) is 16.2. The van der Waals surface area contributed by atoms with E-state index in [0.29, 0.717) is 23.4 Å². The van der Waals surface area contributed by atoms with E-state index in [1.807, 2.05) is 41.3 Å². The van der Waals surface area contributed by atoms with Crippen molar-refractivity contribution >= 4 is 17.5 Å². The molecule has 33 heavy (non-hydrogen) atoms. The molecule has 3 aromatic carbocycles. The Hall–Kier alpha value is -3.80. The van der Waals surface area contributed by atoms with Gasteiger partial charge in [0, 0.05) is 29.4 Å². The molecule has 6 heteroatoms. The first kappa shape index (κ1) is 21.1. The molecule has 1 aliphatic carbocycles. The van der Waals surface area contributed by atoms with E-state index in [2.05, 4.69) is 5.32 Å². The zero-order chi connectivity index (χ0) is 22.6. The van der Waals surface area contributed by atoms with E-state index in [1.54, 1.807) is 36.4 Å². The molecule has 2 amide bonds. The van der Waals surface area contributed by atoms with Gasteiger partial charge in [-0.2, -0.15) is 0 Å². The molecule has 1 aliphatic heterocycles. The van der Waals surface area contributed by atoms with Gasteiger partial charge in [0.15, 0.2) is 11.5 Å². The molecule has 0 bridgehead atoms. The number of ether oxygens (including phenoxy) is 2. The molecule has 1 N–H and O–H groups in total. The van der Waals surface area contributed by atoms with Gasteiger partial charge in [-0.15, -0.1) is 0 Å². The summed E-state index contributed by atoms with van der Waals surface area (Å²) in [5.41, 5.74) is 2.88. The van der Waals surface area contributed by atoms with Crippen LogP contribution in [0.25, 0.3) is 0 Å². The second-order valence-electron chi connectivity index (χ2n) is 8.46. The van der Waals surface area contributed by atoms with Crippen LogP contribution in [0.15, 0.2) is 72.8 Å². The number of nitrogens with zero attached hydrogens (tertiary/aromatic N) is 1. The molecule has 6 nitrogen and oxygen atoms in total. The Morgan fingerprint density at radius 1 is 0.848 bits per heavy atom. The molecule has 0 aromatic heterocycles. The van der Waals surface area contributed by atoms with Crippen LogP contribution in [0.2, 0.25) is 0 Å². The van der Waals surface area contributed by atoms with Crippen molar-refractivity contribution in [3.63, 3.8) is 0 Å². The van der Waals surface area contributed by atoms with Crippen LogP contribution in [-0.2, 0) is 6.54 Å². The third-order valence-corrected chi connectivity index (χ3v) is 6.24. The quantitative estimate of drug-likeness (QED) is 0.566. The maximum absolute atomic E-state index is 13.5. The number of carbonyl (C=O) groups is 2. The Balaban J connectivity index is 1.31. The van der Waals surface area contributed by atoms with Crippen LogP contribution in [0.4, 0.5) is 5.69 Å².